The molecule has 0 bridgehead atoms. The number of nitrogen functional groups attached to an aromatic ring is 1. The van der Waals surface area contributed by atoms with Crippen LogP contribution in [0.3, 0.4) is 0 Å². The molecule has 116 valence electrons. The lowest BCUT2D eigenvalue weighted by Gasteiger charge is -2.05. The van der Waals surface area contributed by atoms with E-state index in [-0.39, 0.29) is 6.61 Å². The summed E-state index contributed by atoms with van der Waals surface area (Å²) in [5, 5.41) is 11.5. The maximum Gasteiger partial charge on any atom is 0.407 e. The molecule has 2 aromatic rings. The standard InChI is InChI=1S/C18H17N3O2/c19-12-16-11-14(8-9-17(16)20)7-4-10-21-18(22)23-13-15-5-2-1-3-6-15/h1-9,11H,10,13,20H2,(H,21,22). The first-order valence-electron chi connectivity index (χ1n) is 7.10. The van der Waals surface area contributed by atoms with Crippen LogP contribution in [0.15, 0.2) is 54.6 Å². The van der Waals surface area contributed by atoms with Crippen LogP contribution < -0.4 is 11.1 Å². The number of nitrogens with two attached hydrogens (primary N) is 1. The quantitative estimate of drug-likeness (QED) is 0.831. The monoisotopic (exact) mass is 307 g/mol. The molecule has 0 fully saturated rings. The molecule has 0 aromatic heterocycles. The van der Waals surface area contributed by atoms with Crippen molar-refractivity contribution in [2.24, 2.45) is 0 Å². The van der Waals surface area contributed by atoms with Gasteiger partial charge in [-0.05, 0) is 23.3 Å². The maximum absolute atomic E-state index is 11.5. The highest BCUT2D eigenvalue weighted by Crippen LogP contribution is 2.13. The minimum atomic E-state index is -0.478. The topological polar surface area (TPSA) is 88.1 Å². The fraction of sp³-hybridized carbons (Fsp3) is 0.111. The normalized spacial score (nSPS) is 10.2. The fourth-order valence-electron chi connectivity index (χ4n) is 1.89. The third-order valence-corrected chi connectivity index (χ3v) is 3.09. The van der Waals surface area contributed by atoms with Gasteiger partial charge < -0.3 is 15.8 Å². The van der Waals surface area contributed by atoms with Gasteiger partial charge in [0.25, 0.3) is 0 Å². The van der Waals surface area contributed by atoms with Crippen molar-refractivity contribution in [1.29, 1.82) is 5.26 Å². The van der Waals surface area contributed by atoms with Gasteiger partial charge in [0.2, 0.25) is 0 Å². The van der Waals surface area contributed by atoms with Crippen molar-refractivity contribution < 1.29 is 9.53 Å². The number of alkyl carbamates (subject to hydrolysis) is 1. The predicted molar refractivity (Wildman–Crippen MR) is 89.2 cm³/mol. The summed E-state index contributed by atoms with van der Waals surface area (Å²) in [7, 11) is 0. The number of nitrogens with zero attached hydrogens (tertiary/aromatic N) is 1. The average Bonchev–Trinajstić information content (AvgIpc) is 2.59. The van der Waals surface area contributed by atoms with Gasteiger partial charge >= 0.3 is 6.09 Å². The van der Waals surface area contributed by atoms with E-state index in [9.17, 15) is 4.79 Å². The number of benzene rings is 2. The van der Waals surface area contributed by atoms with Gasteiger partial charge in [-0.15, -0.1) is 0 Å². The van der Waals surface area contributed by atoms with Gasteiger partial charge in [-0.25, -0.2) is 4.79 Å². The second-order valence-electron chi connectivity index (χ2n) is 4.80. The van der Waals surface area contributed by atoms with Crippen molar-refractivity contribution >= 4 is 17.9 Å². The molecule has 0 saturated carbocycles. The molecule has 0 atom stereocenters. The molecule has 0 heterocycles. The zero-order chi connectivity index (χ0) is 16.5. The van der Waals surface area contributed by atoms with E-state index in [1.54, 1.807) is 30.4 Å². The summed E-state index contributed by atoms with van der Waals surface area (Å²) in [5.41, 5.74) is 8.32. The second-order valence-corrected chi connectivity index (χ2v) is 4.80. The Morgan fingerprint density at radius 3 is 2.78 bits per heavy atom. The third kappa shape index (κ3) is 5.21. The van der Waals surface area contributed by atoms with Gasteiger partial charge in [0.1, 0.15) is 12.7 Å². The molecule has 5 nitrogen and oxygen atoms in total. The molecule has 0 saturated heterocycles. The molecule has 0 aliphatic rings. The Kier molecular flexibility index (Phi) is 5.78. The van der Waals surface area contributed by atoms with Crippen LogP contribution in [-0.2, 0) is 11.3 Å². The van der Waals surface area contributed by atoms with E-state index in [0.29, 0.717) is 17.8 Å². The number of hydrogen-bond acceptors (Lipinski definition) is 4. The number of ether oxygens (including phenoxy) is 1. The highest BCUT2D eigenvalue weighted by molar-refractivity contribution is 5.68. The lowest BCUT2D eigenvalue weighted by atomic mass is 10.1. The molecule has 2 aromatic carbocycles. The van der Waals surface area contributed by atoms with Crippen LogP contribution in [-0.4, -0.2) is 12.6 Å². The van der Waals surface area contributed by atoms with Gasteiger partial charge in [0.05, 0.1) is 5.56 Å². The van der Waals surface area contributed by atoms with E-state index in [4.69, 9.17) is 15.7 Å². The highest BCUT2D eigenvalue weighted by atomic mass is 16.5. The number of carbonyl (C=O) groups excluding carboxylic acids is 1. The summed E-state index contributed by atoms with van der Waals surface area (Å²) >= 11 is 0. The van der Waals surface area contributed by atoms with Gasteiger partial charge in [-0.2, -0.15) is 5.26 Å². The summed E-state index contributed by atoms with van der Waals surface area (Å²) in [6.07, 6.45) is 3.10. The Labute approximate surface area is 135 Å². The Hall–Kier alpha value is -3.26. The number of amides is 1. The Bertz CT molecular complexity index is 734. The van der Waals surface area contributed by atoms with Crippen LogP contribution in [0, 0.1) is 11.3 Å². The first kappa shape index (κ1) is 16.1. The fourth-order valence-corrected chi connectivity index (χ4v) is 1.89. The van der Waals surface area contributed by atoms with Crippen LogP contribution in [0.2, 0.25) is 0 Å². The van der Waals surface area contributed by atoms with Gasteiger partial charge in [0, 0.05) is 12.2 Å². The molecule has 0 aliphatic carbocycles. The van der Waals surface area contributed by atoms with Crippen molar-refractivity contribution in [3.63, 3.8) is 0 Å². The number of anilines is 1. The van der Waals surface area contributed by atoms with E-state index in [1.165, 1.54) is 0 Å². The summed E-state index contributed by atoms with van der Waals surface area (Å²) in [4.78, 5) is 11.5. The molecular formula is C18H17N3O2. The number of rotatable bonds is 5. The summed E-state index contributed by atoms with van der Waals surface area (Å²) in [6, 6.07) is 16.7. The molecule has 23 heavy (non-hydrogen) atoms. The summed E-state index contributed by atoms with van der Waals surface area (Å²) < 4.78 is 5.09. The Morgan fingerprint density at radius 2 is 2.04 bits per heavy atom. The SMILES string of the molecule is N#Cc1cc(C=CCNC(=O)OCc2ccccc2)ccc1N. The highest BCUT2D eigenvalue weighted by Gasteiger charge is 2.00. The predicted octanol–water partition coefficient (Wildman–Crippen LogP) is 3.08. The molecular weight excluding hydrogens is 290 g/mol. The molecule has 0 aliphatic heterocycles. The van der Waals surface area contributed by atoms with E-state index >= 15 is 0 Å². The smallest absolute Gasteiger partial charge is 0.407 e. The van der Waals surface area contributed by atoms with Gasteiger partial charge in [0.15, 0.2) is 0 Å². The van der Waals surface area contributed by atoms with Crippen molar-refractivity contribution in [3.8, 4) is 6.07 Å². The average molecular weight is 307 g/mol. The first-order valence-corrected chi connectivity index (χ1v) is 7.10. The maximum atomic E-state index is 11.5. The minimum Gasteiger partial charge on any atom is -0.445 e. The summed E-state index contributed by atoms with van der Waals surface area (Å²) in [5.74, 6) is 0. The van der Waals surface area contributed by atoms with Crippen molar-refractivity contribution in [3.05, 3.63) is 71.3 Å². The van der Waals surface area contributed by atoms with Crippen LogP contribution in [0.25, 0.3) is 6.08 Å². The number of nitriles is 1. The lowest BCUT2D eigenvalue weighted by Crippen LogP contribution is -2.24. The van der Waals surface area contributed by atoms with Crippen LogP contribution in [0.4, 0.5) is 10.5 Å². The van der Waals surface area contributed by atoms with E-state index in [1.807, 2.05) is 36.4 Å². The van der Waals surface area contributed by atoms with Gasteiger partial charge in [-0.1, -0.05) is 48.6 Å². The zero-order valence-corrected chi connectivity index (χ0v) is 12.5. The number of carbonyl (C=O) groups is 1. The van der Waals surface area contributed by atoms with Crippen molar-refractivity contribution in [1.82, 2.24) is 5.32 Å². The third-order valence-electron chi connectivity index (χ3n) is 3.09. The zero-order valence-electron chi connectivity index (χ0n) is 12.5. The van der Waals surface area contributed by atoms with Crippen molar-refractivity contribution in [2.75, 3.05) is 12.3 Å². The molecule has 0 spiro atoms. The van der Waals surface area contributed by atoms with E-state index < -0.39 is 6.09 Å². The van der Waals surface area contributed by atoms with Crippen LogP contribution in [0.5, 0.6) is 0 Å². The largest absolute Gasteiger partial charge is 0.445 e. The molecule has 2 rings (SSSR count). The van der Waals surface area contributed by atoms with E-state index in [0.717, 1.165) is 11.1 Å². The van der Waals surface area contributed by atoms with Gasteiger partial charge in [-0.3, -0.25) is 0 Å². The second kappa shape index (κ2) is 8.25. The first-order chi connectivity index (χ1) is 11.2. The Morgan fingerprint density at radius 1 is 1.26 bits per heavy atom. The van der Waals surface area contributed by atoms with Crippen molar-refractivity contribution in [2.45, 2.75) is 6.61 Å². The number of hydrogen-bond donors (Lipinski definition) is 2. The number of nitrogens with one attached hydrogen (secondary N) is 1. The molecule has 1 amide bonds. The summed E-state index contributed by atoms with van der Waals surface area (Å²) in [6.45, 7) is 0.569. The van der Waals surface area contributed by atoms with E-state index in [2.05, 4.69) is 5.32 Å². The Balaban J connectivity index is 1.76. The molecule has 0 radical (unpaired) electrons. The molecule has 3 N–H and O–H groups in total. The minimum absolute atomic E-state index is 0.236. The lowest BCUT2D eigenvalue weighted by molar-refractivity contribution is 0.141. The molecule has 5 heteroatoms. The molecule has 0 unspecified atom stereocenters. The van der Waals surface area contributed by atoms with Crippen LogP contribution >= 0.6 is 0 Å². The van der Waals surface area contributed by atoms with Crippen LogP contribution in [0.1, 0.15) is 16.7 Å².